The number of hydrogen-bond acceptors (Lipinski definition) is 2. The number of nitrogens with zero attached hydrogens (tertiary/aromatic N) is 1. The molecule has 0 amide bonds. The van der Waals surface area contributed by atoms with E-state index in [1.807, 2.05) is 6.20 Å². The molecule has 1 aromatic carbocycles. The normalized spacial score (nSPS) is 21.6. The van der Waals surface area contributed by atoms with Crippen molar-refractivity contribution in [1.82, 2.24) is 15.2 Å². The fourth-order valence-electron chi connectivity index (χ4n) is 2.66. The largest absolute Gasteiger partial charge is 0.361 e. The molecular formula is C14H18FN3. The molecule has 2 aromatic rings. The van der Waals surface area contributed by atoms with Crippen LogP contribution >= 0.6 is 0 Å². The van der Waals surface area contributed by atoms with E-state index in [1.54, 1.807) is 12.1 Å². The third-order valence-corrected chi connectivity index (χ3v) is 3.83. The second-order valence-electron chi connectivity index (χ2n) is 5.05. The van der Waals surface area contributed by atoms with Gasteiger partial charge >= 0.3 is 0 Å². The Morgan fingerprint density at radius 1 is 1.44 bits per heavy atom. The van der Waals surface area contributed by atoms with Crippen molar-refractivity contribution in [2.24, 2.45) is 0 Å². The molecule has 18 heavy (non-hydrogen) atoms. The fraction of sp³-hybridized carbons (Fsp3) is 0.429. The predicted octanol–water partition coefficient (Wildman–Crippen LogP) is 1.75. The molecule has 2 N–H and O–H groups in total. The van der Waals surface area contributed by atoms with Gasteiger partial charge in [0.15, 0.2) is 0 Å². The lowest BCUT2D eigenvalue weighted by atomic mass is 10.0. The fourth-order valence-corrected chi connectivity index (χ4v) is 2.66. The Balaban J connectivity index is 1.87. The molecule has 0 bridgehead atoms. The lowest BCUT2D eigenvalue weighted by Crippen LogP contribution is -2.50. The van der Waals surface area contributed by atoms with Crippen molar-refractivity contribution in [3.63, 3.8) is 0 Å². The molecule has 3 rings (SSSR count). The SMILES string of the molecule is CN1CCNCC1Cc1c[nH]c2ccc(F)cc12. The quantitative estimate of drug-likeness (QED) is 0.847. The van der Waals surface area contributed by atoms with Gasteiger partial charge in [0, 0.05) is 42.8 Å². The van der Waals surface area contributed by atoms with E-state index in [4.69, 9.17) is 0 Å². The number of rotatable bonds is 2. The molecule has 1 saturated heterocycles. The summed E-state index contributed by atoms with van der Waals surface area (Å²) in [6, 6.07) is 5.41. The number of aromatic nitrogens is 1. The van der Waals surface area contributed by atoms with E-state index < -0.39 is 0 Å². The molecule has 4 heteroatoms. The number of aromatic amines is 1. The van der Waals surface area contributed by atoms with Crippen LogP contribution in [0.15, 0.2) is 24.4 Å². The van der Waals surface area contributed by atoms with Crippen LogP contribution < -0.4 is 5.32 Å². The smallest absolute Gasteiger partial charge is 0.123 e. The van der Waals surface area contributed by atoms with Crippen LogP contribution in [-0.2, 0) is 6.42 Å². The van der Waals surface area contributed by atoms with Crippen LogP contribution in [-0.4, -0.2) is 42.6 Å². The van der Waals surface area contributed by atoms with E-state index in [0.717, 1.165) is 37.0 Å². The summed E-state index contributed by atoms with van der Waals surface area (Å²) in [4.78, 5) is 5.58. The van der Waals surface area contributed by atoms with Gasteiger partial charge in [0.05, 0.1) is 0 Å². The topological polar surface area (TPSA) is 31.1 Å². The van der Waals surface area contributed by atoms with E-state index in [1.165, 1.54) is 11.6 Å². The zero-order valence-corrected chi connectivity index (χ0v) is 10.5. The van der Waals surface area contributed by atoms with Crippen LogP contribution in [0.2, 0.25) is 0 Å². The van der Waals surface area contributed by atoms with Crippen LogP contribution in [0, 0.1) is 5.82 Å². The highest BCUT2D eigenvalue weighted by Gasteiger charge is 2.20. The van der Waals surface area contributed by atoms with Crippen LogP contribution in [0.25, 0.3) is 10.9 Å². The molecule has 1 fully saturated rings. The van der Waals surface area contributed by atoms with Crippen LogP contribution in [0.4, 0.5) is 4.39 Å². The summed E-state index contributed by atoms with van der Waals surface area (Å²) in [7, 11) is 2.15. The highest BCUT2D eigenvalue weighted by molar-refractivity contribution is 5.83. The van der Waals surface area contributed by atoms with Crippen molar-refractivity contribution >= 4 is 10.9 Å². The first kappa shape index (κ1) is 11.7. The van der Waals surface area contributed by atoms with Crippen molar-refractivity contribution in [2.45, 2.75) is 12.5 Å². The Labute approximate surface area is 106 Å². The van der Waals surface area contributed by atoms with Crippen LogP contribution in [0.1, 0.15) is 5.56 Å². The van der Waals surface area contributed by atoms with Crippen molar-refractivity contribution in [3.8, 4) is 0 Å². The number of halogens is 1. The minimum absolute atomic E-state index is 0.168. The first-order valence-electron chi connectivity index (χ1n) is 6.40. The van der Waals surface area contributed by atoms with E-state index in [0.29, 0.717) is 6.04 Å². The highest BCUT2D eigenvalue weighted by atomic mass is 19.1. The van der Waals surface area contributed by atoms with Gasteiger partial charge in [-0.15, -0.1) is 0 Å². The molecule has 0 saturated carbocycles. The molecular weight excluding hydrogens is 229 g/mol. The van der Waals surface area contributed by atoms with Crippen molar-refractivity contribution < 1.29 is 4.39 Å². The Morgan fingerprint density at radius 2 is 2.33 bits per heavy atom. The standard InChI is InChI=1S/C14H18FN3/c1-18-5-4-16-9-12(18)6-10-8-17-14-3-2-11(15)7-13(10)14/h2-3,7-8,12,16-17H,4-6,9H2,1H3. The van der Waals surface area contributed by atoms with Gasteiger partial charge in [0.2, 0.25) is 0 Å². The maximum Gasteiger partial charge on any atom is 0.123 e. The Hall–Kier alpha value is -1.39. The van der Waals surface area contributed by atoms with Gasteiger partial charge in [-0.3, -0.25) is 0 Å². The van der Waals surface area contributed by atoms with Crippen molar-refractivity contribution in [1.29, 1.82) is 0 Å². The van der Waals surface area contributed by atoms with Crippen LogP contribution in [0.3, 0.4) is 0 Å². The third kappa shape index (κ3) is 2.13. The molecule has 1 atom stereocenters. The molecule has 1 aromatic heterocycles. The summed E-state index contributed by atoms with van der Waals surface area (Å²) in [5, 5.41) is 4.42. The minimum atomic E-state index is -0.168. The van der Waals surface area contributed by atoms with Gasteiger partial charge in [-0.1, -0.05) is 0 Å². The molecule has 0 aliphatic carbocycles. The van der Waals surface area contributed by atoms with E-state index in [2.05, 4.69) is 22.2 Å². The van der Waals surface area contributed by atoms with Gasteiger partial charge in [0.25, 0.3) is 0 Å². The summed E-state index contributed by atoms with van der Waals surface area (Å²) in [5.74, 6) is -0.168. The number of benzene rings is 1. The summed E-state index contributed by atoms with van der Waals surface area (Å²) in [5.41, 5.74) is 2.21. The highest BCUT2D eigenvalue weighted by Crippen LogP contribution is 2.21. The zero-order valence-electron chi connectivity index (χ0n) is 10.5. The molecule has 2 heterocycles. The summed E-state index contributed by atoms with van der Waals surface area (Å²) >= 11 is 0. The molecule has 96 valence electrons. The predicted molar refractivity (Wildman–Crippen MR) is 71.2 cm³/mol. The molecule has 0 spiro atoms. The molecule has 1 aliphatic rings. The maximum absolute atomic E-state index is 13.3. The summed E-state index contributed by atoms with van der Waals surface area (Å²) in [6.45, 7) is 3.12. The van der Waals surface area contributed by atoms with Crippen molar-refractivity contribution in [2.75, 3.05) is 26.7 Å². The average Bonchev–Trinajstić information content (AvgIpc) is 2.75. The lowest BCUT2D eigenvalue weighted by molar-refractivity contribution is 0.199. The van der Waals surface area contributed by atoms with Gasteiger partial charge in [0.1, 0.15) is 5.82 Å². The average molecular weight is 247 g/mol. The number of likely N-dealkylation sites (N-methyl/N-ethyl adjacent to an activating group) is 1. The maximum atomic E-state index is 13.3. The van der Waals surface area contributed by atoms with E-state index in [9.17, 15) is 4.39 Å². The minimum Gasteiger partial charge on any atom is -0.361 e. The molecule has 3 nitrogen and oxygen atoms in total. The monoisotopic (exact) mass is 247 g/mol. The lowest BCUT2D eigenvalue weighted by Gasteiger charge is -2.33. The number of H-pyrrole nitrogens is 1. The van der Waals surface area contributed by atoms with E-state index in [-0.39, 0.29) is 5.82 Å². The second-order valence-corrected chi connectivity index (χ2v) is 5.05. The Bertz CT molecular complexity index is 549. The van der Waals surface area contributed by atoms with Gasteiger partial charge in [-0.25, -0.2) is 4.39 Å². The van der Waals surface area contributed by atoms with Crippen molar-refractivity contribution in [3.05, 3.63) is 35.8 Å². The first-order valence-corrected chi connectivity index (χ1v) is 6.40. The summed E-state index contributed by atoms with van der Waals surface area (Å²) < 4.78 is 13.3. The number of piperazine rings is 1. The van der Waals surface area contributed by atoms with E-state index >= 15 is 0 Å². The number of nitrogens with one attached hydrogen (secondary N) is 2. The summed E-state index contributed by atoms with van der Waals surface area (Å²) in [6.07, 6.45) is 2.96. The second kappa shape index (κ2) is 4.71. The van der Waals surface area contributed by atoms with Gasteiger partial charge in [-0.2, -0.15) is 0 Å². The van der Waals surface area contributed by atoms with Crippen LogP contribution in [0.5, 0.6) is 0 Å². The van der Waals surface area contributed by atoms with Gasteiger partial charge < -0.3 is 15.2 Å². The molecule has 0 radical (unpaired) electrons. The zero-order chi connectivity index (χ0) is 12.5. The number of fused-ring (bicyclic) bond motifs is 1. The molecule has 1 aliphatic heterocycles. The third-order valence-electron chi connectivity index (χ3n) is 3.83. The Morgan fingerprint density at radius 3 is 3.17 bits per heavy atom. The number of hydrogen-bond donors (Lipinski definition) is 2. The molecule has 1 unspecified atom stereocenters. The Kier molecular flexibility index (Phi) is 3.06. The first-order chi connectivity index (χ1) is 8.74. The van der Waals surface area contributed by atoms with Gasteiger partial charge in [-0.05, 0) is 37.2 Å².